The fourth-order valence-corrected chi connectivity index (χ4v) is 3.91. The molecule has 2 aromatic heterocycles. The average molecular weight is 412 g/mol. The van der Waals surface area contributed by atoms with Crippen LogP contribution in [0.15, 0.2) is 51.8 Å². The van der Waals surface area contributed by atoms with E-state index in [0.717, 1.165) is 35.9 Å². The van der Waals surface area contributed by atoms with E-state index in [4.69, 9.17) is 16.0 Å². The first-order valence-electron chi connectivity index (χ1n) is 9.66. The first-order valence-corrected chi connectivity index (χ1v) is 10.0. The lowest BCUT2D eigenvalue weighted by atomic mass is 9.96. The number of amides is 1. The van der Waals surface area contributed by atoms with Gasteiger partial charge >= 0.3 is 5.63 Å². The lowest BCUT2D eigenvalue weighted by Crippen LogP contribution is -2.40. The van der Waals surface area contributed by atoms with Crippen LogP contribution in [0, 0.1) is 12.8 Å². The third-order valence-corrected chi connectivity index (χ3v) is 5.46. The van der Waals surface area contributed by atoms with Crippen LogP contribution < -0.4 is 10.9 Å². The van der Waals surface area contributed by atoms with Gasteiger partial charge in [-0.3, -0.25) is 9.69 Å². The van der Waals surface area contributed by atoms with Crippen LogP contribution >= 0.6 is 11.6 Å². The average Bonchev–Trinajstić information content (AvgIpc) is 2.69. The summed E-state index contributed by atoms with van der Waals surface area (Å²) in [6.07, 6.45) is 3.26. The highest BCUT2D eigenvalue weighted by Gasteiger charge is 2.26. The standard InChI is InChI=1S/C22H22ClN3O3/c1-14-4-6-18-16(10-21(27)29-19(18)9-14)13-26-8-2-3-15(12-26)22(28)25-20-7-5-17(23)11-24-20/h4-7,9-11,15H,2-3,8,12-13H2,1H3,(H,24,25,28). The van der Waals surface area contributed by atoms with Gasteiger partial charge in [-0.25, -0.2) is 9.78 Å². The molecular formula is C22H22ClN3O3. The molecule has 0 spiro atoms. The van der Waals surface area contributed by atoms with E-state index in [0.29, 0.717) is 29.5 Å². The van der Waals surface area contributed by atoms with Gasteiger partial charge in [0.25, 0.3) is 0 Å². The second-order valence-electron chi connectivity index (χ2n) is 7.52. The Hall–Kier alpha value is -2.70. The number of nitrogens with zero attached hydrogens (tertiary/aromatic N) is 2. The minimum Gasteiger partial charge on any atom is -0.423 e. The lowest BCUT2D eigenvalue weighted by molar-refractivity contribution is -0.121. The maximum absolute atomic E-state index is 12.7. The van der Waals surface area contributed by atoms with Crippen LogP contribution in [-0.4, -0.2) is 28.9 Å². The summed E-state index contributed by atoms with van der Waals surface area (Å²) in [5, 5.41) is 4.33. The Morgan fingerprint density at radius 2 is 2.17 bits per heavy atom. The molecule has 1 fully saturated rings. The predicted molar refractivity (Wildman–Crippen MR) is 113 cm³/mol. The normalized spacial score (nSPS) is 17.4. The molecule has 3 heterocycles. The number of hydrogen-bond acceptors (Lipinski definition) is 5. The predicted octanol–water partition coefficient (Wildman–Crippen LogP) is 4.00. The Balaban J connectivity index is 1.48. The van der Waals surface area contributed by atoms with Crippen molar-refractivity contribution < 1.29 is 9.21 Å². The van der Waals surface area contributed by atoms with Crippen molar-refractivity contribution >= 4 is 34.3 Å². The quantitative estimate of drug-likeness (QED) is 0.657. The molecule has 1 amide bonds. The molecule has 1 N–H and O–H groups in total. The van der Waals surface area contributed by atoms with Gasteiger partial charge in [0, 0.05) is 30.7 Å². The van der Waals surface area contributed by atoms with E-state index in [1.165, 1.54) is 6.20 Å². The summed E-state index contributed by atoms with van der Waals surface area (Å²) in [6, 6.07) is 10.8. The van der Waals surface area contributed by atoms with E-state index in [9.17, 15) is 9.59 Å². The minimum absolute atomic E-state index is 0.0439. The number of benzene rings is 1. The Morgan fingerprint density at radius 1 is 1.31 bits per heavy atom. The van der Waals surface area contributed by atoms with Crippen LogP contribution in [0.4, 0.5) is 5.82 Å². The van der Waals surface area contributed by atoms with Gasteiger partial charge in [-0.15, -0.1) is 0 Å². The summed E-state index contributed by atoms with van der Waals surface area (Å²) in [4.78, 5) is 31.0. The molecule has 0 radical (unpaired) electrons. The number of hydrogen-bond donors (Lipinski definition) is 1. The maximum Gasteiger partial charge on any atom is 0.336 e. The number of nitrogens with one attached hydrogen (secondary N) is 1. The number of halogens is 1. The van der Waals surface area contributed by atoms with Crippen LogP contribution in [0.5, 0.6) is 0 Å². The van der Waals surface area contributed by atoms with Gasteiger partial charge in [0.05, 0.1) is 10.9 Å². The van der Waals surface area contributed by atoms with Crippen LogP contribution in [0.25, 0.3) is 11.0 Å². The van der Waals surface area contributed by atoms with Gasteiger partial charge in [-0.2, -0.15) is 0 Å². The van der Waals surface area contributed by atoms with E-state index < -0.39 is 0 Å². The highest BCUT2D eigenvalue weighted by Crippen LogP contribution is 2.24. The summed E-state index contributed by atoms with van der Waals surface area (Å²) in [6.45, 7) is 4.09. The Bertz CT molecular complexity index is 1090. The third kappa shape index (κ3) is 4.66. The minimum atomic E-state index is -0.349. The molecule has 6 nitrogen and oxygen atoms in total. The van der Waals surface area contributed by atoms with E-state index in [-0.39, 0.29) is 17.5 Å². The molecule has 0 saturated carbocycles. The number of carbonyl (C=O) groups is 1. The van der Waals surface area contributed by atoms with Crippen molar-refractivity contribution in [2.24, 2.45) is 5.92 Å². The molecule has 1 unspecified atom stereocenters. The first kappa shape index (κ1) is 19.6. The molecule has 1 aliphatic rings. The third-order valence-electron chi connectivity index (χ3n) is 5.23. The van der Waals surface area contributed by atoms with E-state index in [2.05, 4.69) is 15.2 Å². The second-order valence-corrected chi connectivity index (χ2v) is 7.95. The number of likely N-dealkylation sites (tertiary alicyclic amines) is 1. The lowest BCUT2D eigenvalue weighted by Gasteiger charge is -2.32. The van der Waals surface area contributed by atoms with Crippen molar-refractivity contribution in [3.8, 4) is 0 Å². The topological polar surface area (TPSA) is 75.4 Å². The summed E-state index contributed by atoms with van der Waals surface area (Å²) in [5.41, 5.74) is 2.23. The molecular weight excluding hydrogens is 390 g/mol. The van der Waals surface area contributed by atoms with Gasteiger partial charge in [0.2, 0.25) is 5.91 Å². The van der Waals surface area contributed by atoms with Crippen molar-refractivity contribution in [3.05, 3.63) is 69.2 Å². The molecule has 1 saturated heterocycles. The zero-order valence-electron chi connectivity index (χ0n) is 16.2. The summed E-state index contributed by atoms with van der Waals surface area (Å²) >= 11 is 5.84. The summed E-state index contributed by atoms with van der Waals surface area (Å²) in [5.74, 6) is 0.325. The highest BCUT2D eigenvalue weighted by molar-refractivity contribution is 6.30. The summed E-state index contributed by atoms with van der Waals surface area (Å²) < 4.78 is 5.35. The fraction of sp³-hybridized carbons (Fsp3) is 0.318. The Labute approximate surface area is 173 Å². The molecule has 150 valence electrons. The number of pyridine rings is 1. The molecule has 1 atom stereocenters. The number of anilines is 1. The van der Waals surface area contributed by atoms with Crippen molar-refractivity contribution in [2.45, 2.75) is 26.3 Å². The smallest absolute Gasteiger partial charge is 0.336 e. The molecule has 0 aliphatic carbocycles. The first-order chi connectivity index (χ1) is 14.0. The zero-order valence-corrected chi connectivity index (χ0v) is 16.9. The number of fused-ring (bicyclic) bond motifs is 1. The number of rotatable bonds is 4. The van der Waals surface area contributed by atoms with Crippen molar-refractivity contribution in [2.75, 3.05) is 18.4 Å². The van der Waals surface area contributed by atoms with Crippen LogP contribution in [0.3, 0.4) is 0 Å². The SMILES string of the molecule is Cc1ccc2c(CN3CCCC(C(=O)Nc4ccc(Cl)cn4)C3)cc(=O)oc2c1. The van der Waals surface area contributed by atoms with Crippen LogP contribution in [-0.2, 0) is 11.3 Å². The molecule has 1 aliphatic heterocycles. The number of piperidine rings is 1. The fourth-order valence-electron chi connectivity index (χ4n) is 3.80. The summed E-state index contributed by atoms with van der Waals surface area (Å²) in [7, 11) is 0. The van der Waals surface area contributed by atoms with E-state index in [1.54, 1.807) is 18.2 Å². The monoisotopic (exact) mass is 411 g/mol. The molecule has 29 heavy (non-hydrogen) atoms. The van der Waals surface area contributed by atoms with Crippen molar-refractivity contribution in [1.29, 1.82) is 0 Å². The van der Waals surface area contributed by atoms with Gasteiger partial charge in [-0.05, 0) is 55.6 Å². The molecule has 1 aromatic carbocycles. The van der Waals surface area contributed by atoms with Gasteiger partial charge in [-0.1, -0.05) is 23.7 Å². The second kappa shape index (κ2) is 8.35. The van der Waals surface area contributed by atoms with Crippen LogP contribution in [0.2, 0.25) is 5.02 Å². The molecule has 3 aromatic rings. The molecule has 4 rings (SSSR count). The highest BCUT2D eigenvalue weighted by atomic mass is 35.5. The van der Waals surface area contributed by atoms with E-state index >= 15 is 0 Å². The molecule has 0 bridgehead atoms. The zero-order chi connectivity index (χ0) is 20.4. The Kier molecular flexibility index (Phi) is 5.65. The number of aryl methyl sites for hydroxylation is 1. The van der Waals surface area contributed by atoms with E-state index in [1.807, 2.05) is 25.1 Å². The van der Waals surface area contributed by atoms with Crippen LogP contribution in [0.1, 0.15) is 24.0 Å². The molecule has 7 heteroatoms. The van der Waals surface area contributed by atoms with Crippen molar-refractivity contribution in [3.63, 3.8) is 0 Å². The van der Waals surface area contributed by atoms with Gasteiger partial charge in [0.15, 0.2) is 0 Å². The van der Waals surface area contributed by atoms with Gasteiger partial charge < -0.3 is 9.73 Å². The maximum atomic E-state index is 12.7. The number of carbonyl (C=O) groups excluding carboxylic acids is 1. The largest absolute Gasteiger partial charge is 0.423 e. The number of aromatic nitrogens is 1. The van der Waals surface area contributed by atoms with Gasteiger partial charge in [0.1, 0.15) is 11.4 Å². The Morgan fingerprint density at radius 3 is 2.97 bits per heavy atom. The van der Waals surface area contributed by atoms with Crippen molar-refractivity contribution in [1.82, 2.24) is 9.88 Å².